The number of ether oxygens (including phenoxy) is 1. The van der Waals surface area contributed by atoms with Crippen LogP contribution in [0.5, 0.6) is 5.75 Å². The predicted molar refractivity (Wildman–Crippen MR) is 141 cm³/mol. The van der Waals surface area contributed by atoms with Gasteiger partial charge in [-0.25, -0.2) is 0 Å². The first-order valence-electron chi connectivity index (χ1n) is 11.2. The lowest BCUT2D eigenvalue weighted by atomic mass is 9.77. The third-order valence-electron chi connectivity index (χ3n) is 5.62. The summed E-state index contributed by atoms with van der Waals surface area (Å²) in [7, 11) is 1.60. The van der Waals surface area contributed by atoms with Gasteiger partial charge in [-0.15, -0.1) is 0 Å². The molecule has 1 atom stereocenters. The van der Waals surface area contributed by atoms with Crippen molar-refractivity contribution < 1.29 is 14.3 Å². The molecule has 0 N–H and O–H groups in total. The summed E-state index contributed by atoms with van der Waals surface area (Å²) in [5.74, 6) is 1.80. The molecule has 0 aromatic heterocycles. The first-order valence-corrected chi connectivity index (χ1v) is 12.0. The zero-order valence-electron chi connectivity index (χ0n) is 19.3. The van der Waals surface area contributed by atoms with Crippen molar-refractivity contribution in [1.82, 2.24) is 0 Å². The number of benzene rings is 4. The van der Waals surface area contributed by atoms with Crippen molar-refractivity contribution in [2.45, 2.75) is 10.8 Å². The molecular formula is C31H24O3S. The van der Waals surface area contributed by atoms with Crippen molar-refractivity contribution >= 4 is 23.3 Å². The van der Waals surface area contributed by atoms with Crippen LogP contribution >= 0.6 is 11.8 Å². The van der Waals surface area contributed by atoms with E-state index in [1.807, 2.05) is 66.7 Å². The van der Waals surface area contributed by atoms with Gasteiger partial charge in [-0.05, 0) is 46.8 Å². The summed E-state index contributed by atoms with van der Waals surface area (Å²) in [5.41, 5.74) is 1.75. The molecule has 0 saturated carbocycles. The fourth-order valence-corrected chi connectivity index (χ4v) is 4.39. The zero-order chi connectivity index (χ0) is 24.5. The van der Waals surface area contributed by atoms with Crippen LogP contribution in [0, 0.1) is 17.1 Å². The quantitative estimate of drug-likeness (QED) is 0.120. The van der Waals surface area contributed by atoms with Gasteiger partial charge >= 0.3 is 0 Å². The number of hydrogen-bond donors (Lipinski definition) is 0. The molecule has 1 unspecified atom stereocenters. The number of carbonyl (C=O) groups excluding carboxylic acids is 2. The molecule has 0 bridgehead atoms. The molecule has 4 aromatic carbocycles. The van der Waals surface area contributed by atoms with Gasteiger partial charge < -0.3 is 4.74 Å². The predicted octanol–water partition coefficient (Wildman–Crippen LogP) is 6.91. The van der Waals surface area contributed by atoms with Crippen LogP contribution in [-0.4, -0.2) is 18.7 Å². The largest absolute Gasteiger partial charge is 0.497 e. The molecular weight excluding hydrogens is 452 g/mol. The third kappa shape index (κ3) is 6.09. The Morgan fingerprint density at radius 1 is 0.686 bits per heavy atom. The molecule has 0 aliphatic rings. The second-order valence-electron chi connectivity index (χ2n) is 7.85. The van der Waals surface area contributed by atoms with Gasteiger partial charge in [0.25, 0.3) is 0 Å². The lowest BCUT2D eigenvalue weighted by molar-refractivity contribution is 0.0797. The van der Waals surface area contributed by atoms with E-state index in [4.69, 9.17) is 4.74 Å². The van der Waals surface area contributed by atoms with E-state index in [0.29, 0.717) is 16.9 Å². The maximum absolute atomic E-state index is 13.8. The van der Waals surface area contributed by atoms with Crippen molar-refractivity contribution in [3.8, 4) is 16.9 Å². The van der Waals surface area contributed by atoms with E-state index in [2.05, 4.69) is 11.2 Å². The van der Waals surface area contributed by atoms with Gasteiger partial charge in [0.1, 0.15) is 11.7 Å². The average molecular weight is 477 g/mol. The first kappa shape index (κ1) is 24.1. The van der Waals surface area contributed by atoms with Crippen LogP contribution in [0.15, 0.2) is 120 Å². The Morgan fingerprint density at radius 3 is 1.66 bits per heavy atom. The summed E-state index contributed by atoms with van der Waals surface area (Å²) in [4.78, 5) is 28.6. The number of ketones is 2. The van der Waals surface area contributed by atoms with Crippen LogP contribution in [0.1, 0.15) is 32.2 Å². The standard InChI is InChI=1S/C31H24O3S/c1-34-26-19-17-23(18-20-26)28(21-22-35-27-15-9-4-10-16-27)29(30(32)24-11-5-2-6-12-24)31(33)25-13-7-3-8-14-25/h2-20,28-29H,1H3. The van der Waals surface area contributed by atoms with Crippen LogP contribution < -0.4 is 4.74 Å². The lowest BCUT2D eigenvalue weighted by Crippen LogP contribution is -2.30. The second kappa shape index (κ2) is 11.9. The van der Waals surface area contributed by atoms with E-state index in [1.54, 1.807) is 55.6 Å². The summed E-state index contributed by atoms with van der Waals surface area (Å²) in [6, 6.07) is 35.1. The molecule has 0 aliphatic heterocycles. The summed E-state index contributed by atoms with van der Waals surface area (Å²) in [5, 5.41) is 3.15. The Morgan fingerprint density at radius 2 is 1.17 bits per heavy atom. The minimum absolute atomic E-state index is 0.251. The normalized spacial score (nSPS) is 11.3. The highest BCUT2D eigenvalue weighted by molar-refractivity contribution is 8.03. The molecule has 4 rings (SSSR count). The Labute approximate surface area is 210 Å². The van der Waals surface area contributed by atoms with Gasteiger partial charge in [0.2, 0.25) is 0 Å². The van der Waals surface area contributed by atoms with Crippen LogP contribution in [0.4, 0.5) is 0 Å². The smallest absolute Gasteiger partial charge is 0.175 e. The van der Waals surface area contributed by atoms with Crippen LogP contribution in [0.25, 0.3) is 0 Å². The molecule has 0 saturated heterocycles. The van der Waals surface area contributed by atoms with Crippen molar-refractivity contribution in [2.75, 3.05) is 7.11 Å². The minimum Gasteiger partial charge on any atom is -0.497 e. The highest BCUT2D eigenvalue weighted by Crippen LogP contribution is 2.32. The van der Waals surface area contributed by atoms with Gasteiger partial charge in [-0.1, -0.05) is 96.9 Å². The minimum atomic E-state index is -1.00. The zero-order valence-corrected chi connectivity index (χ0v) is 20.1. The topological polar surface area (TPSA) is 43.4 Å². The van der Waals surface area contributed by atoms with E-state index < -0.39 is 11.8 Å². The van der Waals surface area contributed by atoms with E-state index in [0.717, 1.165) is 10.5 Å². The highest BCUT2D eigenvalue weighted by atomic mass is 32.2. The van der Waals surface area contributed by atoms with Crippen molar-refractivity contribution in [1.29, 1.82) is 0 Å². The van der Waals surface area contributed by atoms with Gasteiger partial charge in [0.05, 0.1) is 13.0 Å². The monoisotopic (exact) mass is 476 g/mol. The van der Waals surface area contributed by atoms with Crippen molar-refractivity contribution in [3.63, 3.8) is 0 Å². The summed E-state index contributed by atoms with van der Waals surface area (Å²) >= 11 is 1.38. The summed E-state index contributed by atoms with van der Waals surface area (Å²) in [6.45, 7) is 0. The molecule has 172 valence electrons. The van der Waals surface area contributed by atoms with Crippen LogP contribution in [0.3, 0.4) is 0 Å². The van der Waals surface area contributed by atoms with E-state index in [1.165, 1.54) is 11.8 Å². The molecule has 0 amide bonds. The van der Waals surface area contributed by atoms with Gasteiger partial charge in [-0.2, -0.15) is 0 Å². The SMILES string of the molecule is COc1ccc(C(C#CSc2ccccc2)C(C(=O)c2ccccc2)C(=O)c2ccccc2)cc1. The average Bonchev–Trinajstić information content (AvgIpc) is 2.93. The maximum atomic E-state index is 13.8. The Kier molecular flexibility index (Phi) is 8.17. The van der Waals surface area contributed by atoms with Gasteiger partial charge in [0, 0.05) is 16.0 Å². The van der Waals surface area contributed by atoms with E-state index in [-0.39, 0.29) is 11.6 Å². The molecule has 0 heterocycles. The molecule has 35 heavy (non-hydrogen) atoms. The van der Waals surface area contributed by atoms with Crippen molar-refractivity contribution in [3.05, 3.63) is 132 Å². The molecule has 0 spiro atoms. The molecule has 0 radical (unpaired) electrons. The number of methoxy groups -OCH3 is 1. The Bertz CT molecular complexity index is 1270. The van der Waals surface area contributed by atoms with Crippen LogP contribution in [0.2, 0.25) is 0 Å². The second-order valence-corrected chi connectivity index (χ2v) is 8.73. The maximum Gasteiger partial charge on any atom is 0.175 e. The van der Waals surface area contributed by atoms with Gasteiger partial charge in [-0.3, -0.25) is 9.59 Å². The number of hydrogen-bond acceptors (Lipinski definition) is 4. The Hall–Kier alpha value is -4.07. The van der Waals surface area contributed by atoms with E-state index in [9.17, 15) is 9.59 Å². The number of thioether (sulfide) groups is 1. The number of rotatable bonds is 8. The van der Waals surface area contributed by atoms with Crippen molar-refractivity contribution in [2.24, 2.45) is 5.92 Å². The third-order valence-corrected chi connectivity index (χ3v) is 6.34. The molecule has 3 nitrogen and oxygen atoms in total. The summed E-state index contributed by atoms with van der Waals surface area (Å²) in [6.07, 6.45) is 0. The molecule has 0 fully saturated rings. The number of Topliss-reactive ketones (excluding diaryl/α,β-unsaturated/α-hetero) is 2. The lowest BCUT2D eigenvalue weighted by Gasteiger charge is -2.22. The molecule has 4 aromatic rings. The first-order chi connectivity index (χ1) is 17.2. The fraction of sp³-hybridized carbons (Fsp3) is 0.0968. The van der Waals surface area contributed by atoms with E-state index >= 15 is 0 Å². The molecule has 0 aliphatic carbocycles. The van der Waals surface area contributed by atoms with Gasteiger partial charge in [0.15, 0.2) is 11.6 Å². The fourth-order valence-electron chi connectivity index (χ4n) is 3.80. The summed E-state index contributed by atoms with van der Waals surface area (Å²) < 4.78 is 5.31. The van der Waals surface area contributed by atoms with Crippen LogP contribution in [-0.2, 0) is 0 Å². The number of carbonyl (C=O) groups is 2. The highest BCUT2D eigenvalue weighted by Gasteiger charge is 2.36. The molecule has 4 heteroatoms. The Balaban J connectivity index is 1.80.